The Morgan fingerprint density at radius 3 is 2.61 bits per heavy atom. The molecule has 122 valence electrons. The third-order valence-electron chi connectivity index (χ3n) is 4.26. The highest BCUT2D eigenvalue weighted by atomic mass is 19.1. The number of nitrogens with one attached hydrogen (secondary N) is 1. The van der Waals surface area contributed by atoms with Crippen molar-refractivity contribution in [2.45, 2.75) is 32.8 Å². The van der Waals surface area contributed by atoms with Crippen molar-refractivity contribution in [3.8, 4) is 5.75 Å². The SMILES string of the molecule is Cc1cc(F)c2c(c1OCc1ccc(F)cc1)CCCNCC2. The fourth-order valence-electron chi connectivity index (χ4n) is 3.06. The zero-order valence-corrected chi connectivity index (χ0v) is 13.3. The monoisotopic (exact) mass is 317 g/mol. The average Bonchev–Trinajstić information content (AvgIpc) is 2.49. The first-order valence-electron chi connectivity index (χ1n) is 8.04. The lowest BCUT2D eigenvalue weighted by Crippen LogP contribution is -2.23. The van der Waals surface area contributed by atoms with Gasteiger partial charge in [-0.15, -0.1) is 0 Å². The van der Waals surface area contributed by atoms with Gasteiger partial charge in [0.1, 0.15) is 24.0 Å². The number of hydrogen-bond donors (Lipinski definition) is 1. The van der Waals surface area contributed by atoms with Gasteiger partial charge in [0.25, 0.3) is 0 Å². The smallest absolute Gasteiger partial charge is 0.127 e. The van der Waals surface area contributed by atoms with E-state index < -0.39 is 0 Å². The summed E-state index contributed by atoms with van der Waals surface area (Å²) in [5.74, 6) is 0.382. The molecule has 1 N–H and O–H groups in total. The number of hydrogen-bond acceptors (Lipinski definition) is 2. The minimum absolute atomic E-state index is 0.143. The Balaban J connectivity index is 1.88. The highest BCUT2D eigenvalue weighted by Gasteiger charge is 2.18. The zero-order chi connectivity index (χ0) is 16.2. The highest BCUT2D eigenvalue weighted by Crippen LogP contribution is 2.32. The van der Waals surface area contributed by atoms with E-state index in [1.165, 1.54) is 12.1 Å². The van der Waals surface area contributed by atoms with Gasteiger partial charge in [0.2, 0.25) is 0 Å². The first-order valence-corrected chi connectivity index (χ1v) is 8.04. The van der Waals surface area contributed by atoms with Crippen molar-refractivity contribution in [1.82, 2.24) is 5.32 Å². The van der Waals surface area contributed by atoms with E-state index in [1.807, 2.05) is 6.92 Å². The lowest BCUT2D eigenvalue weighted by molar-refractivity contribution is 0.298. The van der Waals surface area contributed by atoms with E-state index in [-0.39, 0.29) is 11.6 Å². The van der Waals surface area contributed by atoms with Crippen LogP contribution in [0, 0.1) is 18.6 Å². The van der Waals surface area contributed by atoms with Crippen molar-refractivity contribution >= 4 is 0 Å². The number of fused-ring (bicyclic) bond motifs is 1. The van der Waals surface area contributed by atoms with E-state index in [4.69, 9.17) is 4.74 Å². The molecule has 0 saturated heterocycles. The summed E-state index contributed by atoms with van der Waals surface area (Å²) in [6, 6.07) is 7.82. The average molecular weight is 317 g/mol. The van der Waals surface area contributed by atoms with Crippen LogP contribution in [0.4, 0.5) is 8.78 Å². The molecule has 0 atom stereocenters. The molecule has 1 aliphatic rings. The molecule has 1 aliphatic heterocycles. The lowest BCUT2D eigenvalue weighted by Gasteiger charge is -2.21. The summed E-state index contributed by atoms with van der Waals surface area (Å²) in [6.07, 6.45) is 2.44. The minimum atomic E-state index is -0.260. The topological polar surface area (TPSA) is 21.3 Å². The van der Waals surface area contributed by atoms with Crippen LogP contribution in [-0.4, -0.2) is 13.1 Å². The molecule has 4 heteroatoms. The van der Waals surface area contributed by atoms with Gasteiger partial charge in [-0.1, -0.05) is 12.1 Å². The van der Waals surface area contributed by atoms with Crippen molar-refractivity contribution in [3.63, 3.8) is 0 Å². The highest BCUT2D eigenvalue weighted by molar-refractivity contribution is 5.47. The Labute approximate surface area is 135 Å². The summed E-state index contributed by atoms with van der Waals surface area (Å²) in [6.45, 7) is 3.95. The van der Waals surface area contributed by atoms with Crippen molar-refractivity contribution in [2.75, 3.05) is 13.1 Å². The molecule has 0 saturated carbocycles. The van der Waals surface area contributed by atoms with Crippen LogP contribution in [0.2, 0.25) is 0 Å². The van der Waals surface area contributed by atoms with Crippen LogP contribution in [0.3, 0.4) is 0 Å². The number of rotatable bonds is 3. The van der Waals surface area contributed by atoms with Crippen LogP contribution in [0.5, 0.6) is 5.75 Å². The summed E-state index contributed by atoms with van der Waals surface area (Å²) in [5, 5.41) is 3.31. The second-order valence-electron chi connectivity index (χ2n) is 5.98. The largest absolute Gasteiger partial charge is 0.488 e. The molecular formula is C19H21F2NO. The van der Waals surface area contributed by atoms with Gasteiger partial charge in [0.15, 0.2) is 0 Å². The number of ether oxygens (including phenoxy) is 1. The van der Waals surface area contributed by atoms with Gasteiger partial charge in [-0.05, 0) is 74.2 Å². The Morgan fingerprint density at radius 1 is 1.04 bits per heavy atom. The van der Waals surface area contributed by atoms with Crippen LogP contribution in [0.25, 0.3) is 0 Å². The first kappa shape index (κ1) is 15.9. The third-order valence-corrected chi connectivity index (χ3v) is 4.26. The van der Waals surface area contributed by atoms with E-state index in [0.717, 1.165) is 53.9 Å². The molecule has 0 fully saturated rings. The Hall–Kier alpha value is -1.94. The van der Waals surface area contributed by atoms with Crippen LogP contribution in [0.15, 0.2) is 30.3 Å². The number of benzene rings is 2. The van der Waals surface area contributed by atoms with Gasteiger partial charge in [-0.3, -0.25) is 0 Å². The number of halogens is 2. The summed E-state index contributed by atoms with van der Waals surface area (Å²) < 4.78 is 33.3. The maximum Gasteiger partial charge on any atom is 0.127 e. The fraction of sp³-hybridized carbons (Fsp3) is 0.368. The minimum Gasteiger partial charge on any atom is -0.488 e. The van der Waals surface area contributed by atoms with Crippen LogP contribution in [-0.2, 0) is 19.4 Å². The van der Waals surface area contributed by atoms with E-state index in [9.17, 15) is 8.78 Å². The van der Waals surface area contributed by atoms with E-state index in [2.05, 4.69) is 5.32 Å². The molecule has 2 aromatic rings. The molecular weight excluding hydrogens is 296 g/mol. The summed E-state index contributed by atoms with van der Waals surface area (Å²) in [7, 11) is 0. The quantitative estimate of drug-likeness (QED) is 0.926. The molecule has 0 unspecified atom stereocenters. The fourth-order valence-corrected chi connectivity index (χ4v) is 3.06. The number of aryl methyl sites for hydroxylation is 1. The second-order valence-corrected chi connectivity index (χ2v) is 5.98. The van der Waals surface area contributed by atoms with Gasteiger partial charge in [0, 0.05) is 5.56 Å². The molecule has 0 radical (unpaired) electrons. The van der Waals surface area contributed by atoms with Gasteiger partial charge in [-0.25, -0.2) is 8.78 Å². The Bertz CT molecular complexity index is 683. The zero-order valence-electron chi connectivity index (χ0n) is 13.3. The predicted molar refractivity (Wildman–Crippen MR) is 86.8 cm³/mol. The lowest BCUT2D eigenvalue weighted by atomic mass is 9.94. The van der Waals surface area contributed by atoms with Crippen molar-refractivity contribution in [2.24, 2.45) is 0 Å². The standard InChI is InChI=1S/C19H21F2NO/c1-13-11-18(21)16-8-10-22-9-2-3-17(16)19(13)23-12-14-4-6-15(20)7-5-14/h4-7,11,22H,2-3,8-10,12H2,1H3. The van der Waals surface area contributed by atoms with Crippen molar-refractivity contribution in [1.29, 1.82) is 0 Å². The first-order chi connectivity index (χ1) is 11.1. The maximum absolute atomic E-state index is 14.3. The van der Waals surface area contributed by atoms with Crippen LogP contribution < -0.4 is 10.1 Å². The predicted octanol–water partition coefficient (Wildman–Crippen LogP) is 3.93. The molecule has 0 spiro atoms. The van der Waals surface area contributed by atoms with Gasteiger partial charge in [-0.2, -0.15) is 0 Å². The molecule has 23 heavy (non-hydrogen) atoms. The Kier molecular flexibility index (Phi) is 4.91. The van der Waals surface area contributed by atoms with Crippen molar-refractivity contribution in [3.05, 3.63) is 64.2 Å². The molecule has 0 amide bonds. The van der Waals surface area contributed by atoms with E-state index in [0.29, 0.717) is 13.0 Å². The van der Waals surface area contributed by atoms with Crippen LogP contribution in [0.1, 0.15) is 28.7 Å². The third kappa shape index (κ3) is 3.70. The summed E-state index contributed by atoms with van der Waals surface area (Å²) in [5.41, 5.74) is 3.47. The molecule has 0 bridgehead atoms. The normalized spacial score (nSPS) is 14.7. The second kappa shape index (κ2) is 7.09. The van der Waals surface area contributed by atoms with Gasteiger partial charge >= 0.3 is 0 Å². The van der Waals surface area contributed by atoms with Gasteiger partial charge in [0.05, 0.1) is 0 Å². The molecule has 1 heterocycles. The molecule has 0 aromatic heterocycles. The molecule has 2 nitrogen and oxygen atoms in total. The van der Waals surface area contributed by atoms with E-state index >= 15 is 0 Å². The van der Waals surface area contributed by atoms with E-state index in [1.54, 1.807) is 18.2 Å². The molecule has 3 rings (SSSR count). The maximum atomic E-state index is 14.3. The van der Waals surface area contributed by atoms with Gasteiger partial charge < -0.3 is 10.1 Å². The van der Waals surface area contributed by atoms with Crippen molar-refractivity contribution < 1.29 is 13.5 Å². The van der Waals surface area contributed by atoms with Crippen LogP contribution >= 0.6 is 0 Å². The molecule has 0 aliphatic carbocycles. The summed E-state index contributed by atoms with van der Waals surface area (Å²) in [4.78, 5) is 0. The Morgan fingerprint density at radius 2 is 1.83 bits per heavy atom. The molecule has 2 aromatic carbocycles. The summed E-state index contributed by atoms with van der Waals surface area (Å²) >= 11 is 0.